The maximum atomic E-state index is 10.6. The highest BCUT2D eigenvalue weighted by atomic mass is 16.2. The molecule has 0 aromatic carbocycles. The molecule has 1 fully saturated rings. The maximum Gasteiger partial charge on any atom is 0.236 e. The highest BCUT2D eigenvalue weighted by Crippen LogP contribution is 2.12. The van der Waals surface area contributed by atoms with Crippen molar-refractivity contribution in [2.45, 2.75) is 25.8 Å². The van der Waals surface area contributed by atoms with Gasteiger partial charge in [0.2, 0.25) is 5.91 Å². The van der Waals surface area contributed by atoms with Crippen molar-refractivity contribution in [1.29, 1.82) is 0 Å². The van der Waals surface area contributed by atoms with E-state index in [0.717, 1.165) is 6.42 Å². The second-order valence-corrected chi connectivity index (χ2v) is 2.19. The minimum absolute atomic E-state index is 0.0671. The van der Waals surface area contributed by atoms with E-state index in [9.17, 15) is 4.79 Å². The third-order valence-electron chi connectivity index (χ3n) is 1.54. The molecule has 1 amide bonds. The third-order valence-corrected chi connectivity index (χ3v) is 1.54. The number of nitrogens with zero attached hydrogens (tertiary/aromatic N) is 1. The summed E-state index contributed by atoms with van der Waals surface area (Å²) in [6.45, 7) is 1.95. The van der Waals surface area contributed by atoms with E-state index in [4.69, 9.17) is 5.84 Å². The van der Waals surface area contributed by atoms with Gasteiger partial charge in [0.15, 0.2) is 0 Å². The smallest absolute Gasteiger partial charge is 0.236 e. The minimum atomic E-state index is 0.0671. The van der Waals surface area contributed by atoms with Gasteiger partial charge in [-0.05, 0) is 13.3 Å². The Hall–Kier alpha value is -0.570. The molecular weight excluding hydrogens is 104 g/mol. The summed E-state index contributed by atoms with van der Waals surface area (Å²) in [5.41, 5.74) is 0. The number of hydrogen-bond donors (Lipinski definition) is 1. The lowest BCUT2D eigenvalue weighted by atomic mass is 10.3. The van der Waals surface area contributed by atoms with E-state index < -0.39 is 0 Å². The zero-order valence-corrected chi connectivity index (χ0v) is 4.92. The van der Waals surface area contributed by atoms with Crippen molar-refractivity contribution < 1.29 is 4.79 Å². The summed E-state index contributed by atoms with van der Waals surface area (Å²) < 4.78 is 0. The molecule has 0 spiro atoms. The molecule has 3 heteroatoms. The van der Waals surface area contributed by atoms with Crippen LogP contribution in [0.2, 0.25) is 0 Å². The summed E-state index contributed by atoms with van der Waals surface area (Å²) in [4.78, 5) is 10.6. The zero-order valence-electron chi connectivity index (χ0n) is 4.92. The van der Waals surface area contributed by atoms with Gasteiger partial charge in [-0.2, -0.15) is 0 Å². The summed E-state index contributed by atoms with van der Waals surface area (Å²) in [5, 5.41) is 1.31. The summed E-state index contributed by atoms with van der Waals surface area (Å²) >= 11 is 0. The summed E-state index contributed by atoms with van der Waals surface area (Å²) in [7, 11) is 0. The number of amides is 1. The molecule has 0 radical (unpaired) electrons. The third kappa shape index (κ3) is 0.690. The van der Waals surface area contributed by atoms with Gasteiger partial charge < -0.3 is 0 Å². The summed E-state index contributed by atoms with van der Waals surface area (Å²) in [5.74, 6) is 5.37. The van der Waals surface area contributed by atoms with Gasteiger partial charge in [-0.1, -0.05) is 0 Å². The second-order valence-electron chi connectivity index (χ2n) is 2.19. The highest BCUT2D eigenvalue weighted by Gasteiger charge is 2.23. The molecule has 1 aliphatic rings. The van der Waals surface area contributed by atoms with Crippen molar-refractivity contribution in [1.82, 2.24) is 5.01 Å². The number of nitrogens with two attached hydrogens (primary N) is 1. The quantitative estimate of drug-likeness (QED) is 0.352. The van der Waals surface area contributed by atoms with Crippen LogP contribution in [0.3, 0.4) is 0 Å². The van der Waals surface area contributed by atoms with Crippen molar-refractivity contribution in [3.8, 4) is 0 Å². The van der Waals surface area contributed by atoms with Crippen molar-refractivity contribution >= 4 is 5.91 Å². The first-order valence-corrected chi connectivity index (χ1v) is 2.78. The largest absolute Gasteiger partial charge is 0.278 e. The Kier molecular flexibility index (Phi) is 1.21. The van der Waals surface area contributed by atoms with Crippen LogP contribution >= 0.6 is 0 Å². The molecule has 0 aromatic rings. The van der Waals surface area contributed by atoms with E-state index in [1.807, 2.05) is 6.92 Å². The fourth-order valence-electron chi connectivity index (χ4n) is 0.846. The first-order valence-electron chi connectivity index (χ1n) is 2.78. The van der Waals surface area contributed by atoms with E-state index in [1.54, 1.807) is 0 Å². The number of rotatable bonds is 0. The molecule has 0 bridgehead atoms. The number of hydrogen-bond acceptors (Lipinski definition) is 2. The average Bonchev–Trinajstić information content (AvgIpc) is 1.98. The van der Waals surface area contributed by atoms with Gasteiger partial charge in [0.25, 0.3) is 0 Å². The van der Waals surface area contributed by atoms with Crippen molar-refractivity contribution in [2.75, 3.05) is 0 Å². The van der Waals surface area contributed by atoms with Crippen LogP contribution in [0, 0.1) is 0 Å². The van der Waals surface area contributed by atoms with E-state index >= 15 is 0 Å². The Labute approximate surface area is 48.4 Å². The fraction of sp³-hybridized carbons (Fsp3) is 0.800. The molecule has 1 saturated heterocycles. The highest BCUT2D eigenvalue weighted by molar-refractivity contribution is 5.77. The van der Waals surface area contributed by atoms with E-state index in [2.05, 4.69) is 0 Å². The average molecular weight is 114 g/mol. The normalized spacial score (nSPS) is 29.5. The number of hydrazine groups is 1. The Bertz CT molecular complexity index is 113. The van der Waals surface area contributed by atoms with Crippen molar-refractivity contribution in [3.63, 3.8) is 0 Å². The molecule has 1 unspecified atom stereocenters. The van der Waals surface area contributed by atoms with E-state index in [1.165, 1.54) is 5.01 Å². The van der Waals surface area contributed by atoms with Gasteiger partial charge in [-0.15, -0.1) is 0 Å². The van der Waals surface area contributed by atoms with Crippen LogP contribution in [0.5, 0.6) is 0 Å². The van der Waals surface area contributed by atoms with Crippen LogP contribution < -0.4 is 5.84 Å². The zero-order chi connectivity index (χ0) is 6.15. The molecule has 1 atom stereocenters. The standard InChI is InChI=1S/C5H10N2O/c1-4-2-3-5(8)7(4)6/h4H,2-3,6H2,1H3. The minimum Gasteiger partial charge on any atom is -0.278 e. The summed E-state index contributed by atoms with van der Waals surface area (Å²) in [6, 6.07) is 0.252. The molecule has 3 nitrogen and oxygen atoms in total. The molecule has 2 N–H and O–H groups in total. The molecular formula is C5H10N2O. The monoisotopic (exact) mass is 114 g/mol. The fourth-order valence-corrected chi connectivity index (χ4v) is 0.846. The van der Waals surface area contributed by atoms with Gasteiger partial charge in [0.05, 0.1) is 0 Å². The van der Waals surface area contributed by atoms with Gasteiger partial charge in [0.1, 0.15) is 0 Å². The Morgan fingerprint density at radius 3 is 2.62 bits per heavy atom. The second kappa shape index (κ2) is 1.74. The van der Waals surface area contributed by atoms with Crippen LogP contribution in [0.25, 0.3) is 0 Å². The van der Waals surface area contributed by atoms with Gasteiger partial charge in [-0.3, -0.25) is 9.80 Å². The maximum absolute atomic E-state index is 10.6. The van der Waals surface area contributed by atoms with Crippen molar-refractivity contribution in [3.05, 3.63) is 0 Å². The SMILES string of the molecule is CC1CCC(=O)N1N. The van der Waals surface area contributed by atoms with Crippen LogP contribution in [-0.4, -0.2) is 17.0 Å². The molecule has 8 heavy (non-hydrogen) atoms. The number of carbonyl (C=O) groups is 1. The van der Waals surface area contributed by atoms with E-state index in [0.29, 0.717) is 6.42 Å². The first kappa shape index (κ1) is 5.56. The molecule has 1 aliphatic heterocycles. The Balaban J connectivity index is 2.56. The lowest BCUT2D eigenvalue weighted by Crippen LogP contribution is -2.37. The molecule has 0 saturated carbocycles. The van der Waals surface area contributed by atoms with Crippen LogP contribution in [0.1, 0.15) is 19.8 Å². The first-order chi connectivity index (χ1) is 3.72. The van der Waals surface area contributed by atoms with Gasteiger partial charge in [0, 0.05) is 12.5 Å². The lowest BCUT2D eigenvalue weighted by molar-refractivity contribution is -0.128. The number of carbonyl (C=O) groups excluding carboxylic acids is 1. The lowest BCUT2D eigenvalue weighted by Gasteiger charge is -2.12. The Morgan fingerprint density at radius 1 is 1.88 bits per heavy atom. The van der Waals surface area contributed by atoms with Crippen molar-refractivity contribution in [2.24, 2.45) is 5.84 Å². The summed E-state index contributed by atoms with van der Waals surface area (Å²) in [6.07, 6.45) is 1.53. The molecule has 1 rings (SSSR count). The van der Waals surface area contributed by atoms with Crippen LogP contribution in [0.15, 0.2) is 0 Å². The van der Waals surface area contributed by atoms with Gasteiger partial charge in [-0.25, -0.2) is 5.84 Å². The topological polar surface area (TPSA) is 46.3 Å². The van der Waals surface area contributed by atoms with Crippen LogP contribution in [0.4, 0.5) is 0 Å². The Morgan fingerprint density at radius 2 is 2.50 bits per heavy atom. The van der Waals surface area contributed by atoms with Gasteiger partial charge >= 0.3 is 0 Å². The molecule has 0 aliphatic carbocycles. The predicted molar refractivity (Wildman–Crippen MR) is 29.7 cm³/mol. The molecule has 0 aromatic heterocycles. The van der Waals surface area contributed by atoms with Crippen LogP contribution in [-0.2, 0) is 4.79 Å². The molecule has 46 valence electrons. The predicted octanol–water partition coefficient (Wildman–Crippen LogP) is -0.129. The van der Waals surface area contributed by atoms with E-state index in [-0.39, 0.29) is 11.9 Å². The molecule has 1 heterocycles.